The number of benzene rings is 1. The van der Waals surface area contributed by atoms with Crippen molar-refractivity contribution in [2.45, 2.75) is 12.8 Å². The Hall–Kier alpha value is -2.32. The van der Waals surface area contributed by atoms with E-state index in [4.69, 9.17) is 21.6 Å². The van der Waals surface area contributed by atoms with Crippen molar-refractivity contribution in [1.29, 1.82) is 5.26 Å². The summed E-state index contributed by atoms with van der Waals surface area (Å²) in [7, 11) is 1.48. The fraction of sp³-hybridized carbons (Fsp3) is 0.267. The molecular weight excluding hydrogens is 292 g/mol. The molecule has 0 unspecified atom stereocenters. The van der Waals surface area contributed by atoms with Crippen molar-refractivity contribution in [2.24, 2.45) is 5.92 Å². The van der Waals surface area contributed by atoms with Gasteiger partial charge in [-0.25, -0.2) is 0 Å². The normalized spacial score (nSPS) is 11.1. The van der Waals surface area contributed by atoms with Crippen molar-refractivity contribution in [3.05, 3.63) is 35.9 Å². The molecule has 1 N–H and O–H groups in total. The molecule has 0 radical (unpaired) electrons. The minimum Gasteiger partial charge on any atom is -0.495 e. The second-order valence-electron chi connectivity index (χ2n) is 4.19. The molecule has 0 aromatic heterocycles. The van der Waals surface area contributed by atoms with Crippen LogP contribution in [0.4, 0.5) is 5.69 Å². The number of nitrogens with zero attached hydrogens (tertiary/aromatic N) is 1. The molecule has 5 nitrogen and oxygen atoms in total. The van der Waals surface area contributed by atoms with E-state index in [1.807, 2.05) is 0 Å². The van der Waals surface area contributed by atoms with E-state index in [0.29, 0.717) is 22.9 Å². The van der Waals surface area contributed by atoms with E-state index in [0.717, 1.165) is 0 Å². The highest BCUT2D eigenvalue weighted by atomic mass is 35.5. The molecule has 0 bridgehead atoms. The van der Waals surface area contributed by atoms with Crippen LogP contribution in [0, 0.1) is 17.2 Å². The number of amides is 1. The molecule has 0 spiro atoms. The Balaban J connectivity index is 2.79. The van der Waals surface area contributed by atoms with Gasteiger partial charge in [-0.3, -0.25) is 9.59 Å². The number of rotatable bonds is 7. The molecule has 0 aliphatic heterocycles. The van der Waals surface area contributed by atoms with Crippen molar-refractivity contribution in [2.75, 3.05) is 12.4 Å². The van der Waals surface area contributed by atoms with Gasteiger partial charge in [0.1, 0.15) is 5.75 Å². The fourth-order valence-corrected chi connectivity index (χ4v) is 1.88. The van der Waals surface area contributed by atoms with E-state index < -0.39 is 17.6 Å². The molecule has 1 aromatic carbocycles. The Bertz CT molecular complexity index is 593. The van der Waals surface area contributed by atoms with Crippen LogP contribution in [-0.2, 0) is 9.59 Å². The summed E-state index contributed by atoms with van der Waals surface area (Å²) in [4.78, 5) is 23.7. The lowest BCUT2D eigenvalue weighted by Gasteiger charge is -2.10. The Morgan fingerprint density at radius 2 is 2.29 bits per heavy atom. The third-order valence-corrected chi connectivity index (χ3v) is 3.02. The first-order valence-corrected chi connectivity index (χ1v) is 6.59. The third-order valence-electron chi connectivity index (χ3n) is 2.73. The van der Waals surface area contributed by atoms with Gasteiger partial charge in [0.05, 0.1) is 18.2 Å². The maximum Gasteiger partial charge on any atom is 0.249 e. The summed E-state index contributed by atoms with van der Waals surface area (Å²) in [5.41, 5.74) is 0.391. The van der Waals surface area contributed by atoms with Gasteiger partial charge >= 0.3 is 0 Å². The lowest BCUT2D eigenvalue weighted by molar-refractivity contribution is -0.128. The first-order valence-electron chi connectivity index (χ1n) is 6.21. The third kappa shape index (κ3) is 4.62. The number of nitrogens with one attached hydrogen (secondary N) is 1. The van der Waals surface area contributed by atoms with Gasteiger partial charge in [-0.2, -0.15) is 5.26 Å². The van der Waals surface area contributed by atoms with Crippen molar-refractivity contribution in [3.63, 3.8) is 0 Å². The van der Waals surface area contributed by atoms with Crippen LogP contribution in [0.3, 0.4) is 0 Å². The Morgan fingerprint density at radius 1 is 1.57 bits per heavy atom. The fourth-order valence-electron chi connectivity index (χ4n) is 1.62. The van der Waals surface area contributed by atoms with Crippen LogP contribution >= 0.6 is 11.6 Å². The van der Waals surface area contributed by atoms with Gasteiger partial charge in [-0.1, -0.05) is 17.7 Å². The largest absolute Gasteiger partial charge is 0.495 e. The molecule has 0 heterocycles. The van der Waals surface area contributed by atoms with Gasteiger partial charge in [0.25, 0.3) is 0 Å². The Kier molecular flexibility index (Phi) is 6.44. The van der Waals surface area contributed by atoms with Gasteiger partial charge in [-0.05, 0) is 24.6 Å². The molecule has 0 fully saturated rings. The molecule has 1 atom stereocenters. The van der Waals surface area contributed by atoms with Gasteiger partial charge < -0.3 is 10.1 Å². The first-order chi connectivity index (χ1) is 10.0. The number of allylic oxidation sites excluding steroid dienone is 1. The molecule has 1 amide bonds. The van der Waals surface area contributed by atoms with Crippen LogP contribution in [0.5, 0.6) is 5.75 Å². The predicted octanol–water partition coefficient (Wildman–Crippen LogP) is 2.96. The van der Waals surface area contributed by atoms with Gasteiger partial charge in [0.2, 0.25) is 5.91 Å². The highest BCUT2D eigenvalue weighted by molar-refractivity contribution is 6.32. The molecule has 110 valence electrons. The monoisotopic (exact) mass is 306 g/mol. The summed E-state index contributed by atoms with van der Waals surface area (Å²) in [6.45, 7) is 3.49. The van der Waals surface area contributed by atoms with Crippen molar-refractivity contribution in [1.82, 2.24) is 0 Å². The van der Waals surface area contributed by atoms with E-state index in [1.54, 1.807) is 24.3 Å². The maximum atomic E-state index is 12.0. The number of hydrogen-bond donors (Lipinski definition) is 1. The lowest BCUT2D eigenvalue weighted by Crippen LogP contribution is -2.28. The number of nitriles is 1. The predicted molar refractivity (Wildman–Crippen MR) is 80.2 cm³/mol. The summed E-state index contributed by atoms with van der Waals surface area (Å²) in [6.07, 6.45) is 2.10. The Morgan fingerprint density at radius 3 is 2.81 bits per heavy atom. The molecule has 0 aliphatic rings. The van der Waals surface area contributed by atoms with Crippen molar-refractivity contribution >= 4 is 29.0 Å². The topological polar surface area (TPSA) is 79.2 Å². The molecular formula is C15H15ClN2O3. The molecule has 1 aromatic rings. The van der Waals surface area contributed by atoms with Gasteiger partial charge in [0, 0.05) is 12.1 Å². The highest BCUT2D eigenvalue weighted by Gasteiger charge is 2.25. The molecule has 0 saturated heterocycles. The van der Waals surface area contributed by atoms with Gasteiger partial charge in [0.15, 0.2) is 11.7 Å². The average molecular weight is 307 g/mol. The maximum absolute atomic E-state index is 12.0. The smallest absolute Gasteiger partial charge is 0.249 e. The zero-order valence-electron chi connectivity index (χ0n) is 11.6. The number of ketones is 1. The van der Waals surface area contributed by atoms with Crippen LogP contribution in [0.2, 0.25) is 5.02 Å². The molecule has 21 heavy (non-hydrogen) atoms. The Labute approximate surface area is 128 Å². The summed E-state index contributed by atoms with van der Waals surface area (Å²) in [6, 6.07) is 6.36. The number of halogens is 1. The number of carbonyl (C=O) groups excluding carboxylic acids is 2. The van der Waals surface area contributed by atoms with Crippen LogP contribution in [0.25, 0.3) is 0 Å². The summed E-state index contributed by atoms with van der Waals surface area (Å²) < 4.78 is 5.00. The second kappa shape index (κ2) is 8.08. The average Bonchev–Trinajstić information content (AvgIpc) is 2.46. The van der Waals surface area contributed by atoms with E-state index >= 15 is 0 Å². The zero-order chi connectivity index (χ0) is 15.8. The number of anilines is 1. The van der Waals surface area contributed by atoms with Gasteiger partial charge in [-0.15, -0.1) is 6.58 Å². The highest BCUT2D eigenvalue weighted by Crippen LogP contribution is 2.27. The van der Waals surface area contributed by atoms with Crippen molar-refractivity contribution in [3.8, 4) is 11.8 Å². The number of Topliss-reactive ketones (excluding diaryl/α,β-unsaturated/α-hetero) is 1. The SMILES string of the molecule is C=CCCC(=O)[C@@H](C#N)C(=O)Nc1ccc(OC)c(Cl)c1. The first kappa shape index (κ1) is 16.7. The molecule has 6 heteroatoms. The molecule has 0 aliphatic carbocycles. The minimum atomic E-state index is -1.34. The quantitative estimate of drug-likeness (QED) is 0.620. The van der Waals surface area contributed by atoms with Crippen molar-refractivity contribution < 1.29 is 14.3 Å². The second-order valence-corrected chi connectivity index (χ2v) is 4.60. The van der Waals surface area contributed by atoms with E-state index in [-0.39, 0.29) is 6.42 Å². The van der Waals surface area contributed by atoms with E-state index in [9.17, 15) is 9.59 Å². The minimum absolute atomic E-state index is 0.110. The van der Waals surface area contributed by atoms with Crippen LogP contribution < -0.4 is 10.1 Å². The lowest BCUT2D eigenvalue weighted by atomic mass is 10.0. The molecule has 0 saturated carbocycles. The number of hydrogen-bond acceptors (Lipinski definition) is 4. The van der Waals surface area contributed by atoms with Crippen LogP contribution in [0.1, 0.15) is 12.8 Å². The zero-order valence-corrected chi connectivity index (χ0v) is 12.3. The number of carbonyl (C=O) groups is 2. The molecule has 1 rings (SSSR count). The summed E-state index contributed by atoms with van der Waals surface area (Å²) in [5, 5.41) is 11.8. The standard InChI is InChI=1S/C15H15ClN2O3/c1-3-4-5-13(19)11(9-17)15(20)18-10-6-7-14(21-2)12(16)8-10/h3,6-8,11H,1,4-5H2,2H3,(H,18,20)/t11-/m1/s1. The van der Waals surface area contributed by atoms with Crippen LogP contribution in [0.15, 0.2) is 30.9 Å². The van der Waals surface area contributed by atoms with Crippen LogP contribution in [-0.4, -0.2) is 18.8 Å². The number of ether oxygens (including phenoxy) is 1. The summed E-state index contributed by atoms with van der Waals surface area (Å²) in [5.74, 6) is -1.98. The van der Waals surface area contributed by atoms with E-state index in [2.05, 4.69) is 11.9 Å². The number of methoxy groups -OCH3 is 1. The van der Waals surface area contributed by atoms with E-state index in [1.165, 1.54) is 13.2 Å². The summed E-state index contributed by atoms with van der Waals surface area (Å²) >= 11 is 5.94.